The highest BCUT2D eigenvalue weighted by Crippen LogP contribution is 2.55. The monoisotopic (exact) mass is 263 g/mol. The summed E-state index contributed by atoms with van der Waals surface area (Å²) >= 11 is 0. The molecule has 0 heterocycles. The summed E-state index contributed by atoms with van der Waals surface area (Å²) < 4.78 is 37.0. The maximum Gasteiger partial charge on any atom is 0.415 e. The molecule has 2 nitrogen and oxygen atoms in total. The molecule has 4 saturated carbocycles. The lowest BCUT2D eigenvalue weighted by Crippen LogP contribution is -2.60. The van der Waals surface area contributed by atoms with Gasteiger partial charge in [0.1, 0.15) is 0 Å². The van der Waals surface area contributed by atoms with Crippen molar-refractivity contribution in [2.75, 3.05) is 6.54 Å². The van der Waals surface area contributed by atoms with Crippen LogP contribution in [-0.4, -0.2) is 29.5 Å². The van der Waals surface area contributed by atoms with Gasteiger partial charge in [-0.05, 0) is 56.3 Å². The van der Waals surface area contributed by atoms with E-state index in [1.165, 1.54) is 19.3 Å². The van der Waals surface area contributed by atoms with Crippen LogP contribution < -0.4 is 5.32 Å². The van der Waals surface area contributed by atoms with Gasteiger partial charge in [0.25, 0.3) is 0 Å². The zero-order valence-corrected chi connectivity index (χ0v) is 10.3. The van der Waals surface area contributed by atoms with Crippen molar-refractivity contribution in [3.05, 3.63) is 0 Å². The lowest BCUT2D eigenvalue weighted by Gasteiger charge is -2.57. The van der Waals surface area contributed by atoms with Gasteiger partial charge in [0.15, 0.2) is 6.10 Å². The number of aliphatic hydroxyl groups is 1. The van der Waals surface area contributed by atoms with E-state index in [1.54, 1.807) is 0 Å². The molecular formula is C13H20F3NO. The molecule has 0 aliphatic heterocycles. The van der Waals surface area contributed by atoms with Gasteiger partial charge in [-0.3, -0.25) is 0 Å². The Balaban J connectivity index is 1.62. The van der Waals surface area contributed by atoms with Crippen molar-refractivity contribution in [3.63, 3.8) is 0 Å². The van der Waals surface area contributed by atoms with Gasteiger partial charge >= 0.3 is 6.18 Å². The van der Waals surface area contributed by atoms with Crippen LogP contribution in [0.5, 0.6) is 0 Å². The predicted octanol–water partition coefficient (Wildman–Crippen LogP) is 2.47. The van der Waals surface area contributed by atoms with Gasteiger partial charge in [0, 0.05) is 12.1 Å². The van der Waals surface area contributed by atoms with E-state index in [-0.39, 0.29) is 12.1 Å². The fourth-order valence-electron chi connectivity index (χ4n) is 4.76. The van der Waals surface area contributed by atoms with Crippen LogP contribution in [0.4, 0.5) is 13.2 Å². The molecule has 4 aliphatic rings. The first-order valence-electron chi connectivity index (χ1n) is 6.86. The summed E-state index contributed by atoms with van der Waals surface area (Å²) in [7, 11) is 0. The van der Waals surface area contributed by atoms with E-state index < -0.39 is 12.3 Å². The van der Waals surface area contributed by atoms with Crippen LogP contribution in [0, 0.1) is 17.8 Å². The van der Waals surface area contributed by atoms with Crippen LogP contribution in [0.3, 0.4) is 0 Å². The minimum absolute atomic E-state index is 0.110. The highest BCUT2D eigenvalue weighted by atomic mass is 19.4. The minimum atomic E-state index is -4.50. The summed E-state index contributed by atoms with van der Waals surface area (Å²) in [6.07, 6.45) is 0.0748. The Kier molecular flexibility index (Phi) is 2.90. The van der Waals surface area contributed by atoms with Crippen molar-refractivity contribution in [2.24, 2.45) is 17.8 Å². The number of nitrogens with one attached hydrogen (secondary N) is 1. The highest BCUT2D eigenvalue weighted by Gasteiger charge is 2.51. The third kappa shape index (κ3) is 2.27. The third-order valence-electron chi connectivity index (χ3n) is 5.09. The number of rotatable bonds is 3. The van der Waals surface area contributed by atoms with Gasteiger partial charge < -0.3 is 10.4 Å². The summed E-state index contributed by atoms with van der Waals surface area (Å²) in [4.78, 5) is 0. The van der Waals surface area contributed by atoms with Crippen molar-refractivity contribution >= 4 is 0 Å². The molecule has 0 saturated heterocycles. The lowest BCUT2D eigenvalue weighted by atomic mass is 9.53. The van der Waals surface area contributed by atoms with Crippen LogP contribution in [0.25, 0.3) is 0 Å². The number of aliphatic hydroxyl groups excluding tert-OH is 1. The third-order valence-corrected chi connectivity index (χ3v) is 5.09. The average molecular weight is 263 g/mol. The average Bonchev–Trinajstić information content (AvgIpc) is 2.22. The quantitative estimate of drug-likeness (QED) is 0.820. The van der Waals surface area contributed by atoms with Crippen LogP contribution in [0.2, 0.25) is 0 Å². The van der Waals surface area contributed by atoms with Gasteiger partial charge in [-0.1, -0.05) is 0 Å². The zero-order chi connectivity index (χ0) is 13.0. The van der Waals surface area contributed by atoms with Crippen molar-refractivity contribution in [3.8, 4) is 0 Å². The predicted molar refractivity (Wildman–Crippen MR) is 61.0 cm³/mol. The molecule has 0 amide bonds. The van der Waals surface area contributed by atoms with Gasteiger partial charge in [-0.15, -0.1) is 0 Å². The van der Waals surface area contributed by atoms with E-state index in [4.69, 9.17) is 5.11 Å². The van der Waals surface area contributed by atoms with Crippen molar-refractivity contribution in [1.29, 1.82) is 0 Å². The first-order valence-corrected chi connectivity index (χ1v) is 6.86. The number of halogens is 3. The molecule has 5 heteroatoms. The largest absolute Gasteiger partial charge is 0.415 e. The Morgan fingerprint density at radius 3 is 1.89 bits per heavy atom. The lowest BCUT2D eigenvalue weighted by molar-refractivity contribution is -0.204. The molecular weight excluding hydrogens is 243 g/mol. The fourth-order valence-corrected chi connectivity index (χ4v) is 4.76. The van der Waals surface area contributed by atoms with E-state index in [9.17, 15) is 13.2 Å². The number of alkyl halides is 3. The zero-order valence-electron chi connectivity index (χ0n) is 10.3. The maximum atomic E-state index is 12.3. The molecule has 0 aromatic carbocycles. The molecule has 104 valence electrons. The fraction of sp³-hybridized carbons (Fsp3) is 1.00. The molecule has 0 aromatic rings. The molecule has 2 N–H and O–H groups in total. The molecule has 0 radical (unpaired) electrons. The standard InChI is InChI=1S/C13H20F3NO/c14-13(15,16)11(18)7-17-12-4-8-1-9(5-12)3-10(2-8)6-12/h8-11,17-18H,1-7H2. The van der Waals surface area contributed by atoms with Crippen molar-refractivity contribution in [2.45, 2.75) is 56.3 Å². The van der Waals surface area contributed by atoms with E-state index in [0.29, 0.717) is 17.8 Å². The van der Waals surface area contributed by atoms with Gasteiger partial charge in [-0.2, -0.15) is 13.2 Å². The summed E-state index contributed by atoms with van der Waals surface area (Å²) in [5, 5.41) is 12.2. The Morgan fingerprint density at radius 1 is 1.06 bits per heavy atom. The topological polar surface area (TPSA) is 32.3 Å². The smallest absolute Gasteiger partial charge is 0.382 e. The van der Waals surface area contributed by atoms with Gasteiger partial charge in [-0.25, -0.2) is 0 Å². The summed E-state index contributed by atoms with van der Waals surface area (Å²) in [6, 6.07) is 0. The molecule has 4 fully saturated rings. The van der Waals surface area contributed by atoms with Crippen LogP contribution in [0.1, 0.15) is 38.5 Å². The van der Waals surface area contributed by atoms with Crippen molar-refractivity contribution < 1.29 is 18.3 Å². The van der Waals surface area contributed by atoms with Gasteiger partial charge in [0.2, 0.25) is 0 Å². The SMILES string of the molecule is OC(CNC12CC3CC(CC(C3)C1)C2)C(F)(F)F. The summed E-state index contributed by atoms with van der Waals surface area (Å²) in [5.41, 5.74) is -0.110. The van der Waals surface area contributed by atoms with E-state index >= 15 is 0 Å². The van der Waals surface area contributed by atoms with E-state index in [0.717, 1.165) is 19.3 Å². The number of hydrogen-bond acceptors (Lipinski definition) is 2. The van der Waals surface area contributed by atoms with E-state index in [2.05, 4.69) is 5.32 Å². The van der Waals surface area contributed by atoms with Gasteiger partial charge in [0.05, 0.1) is 0 Å². The maximum absolute atomic E-state index is 12.3. The second kappa shape index (κ2) is 4.10. The van der Waals surface area contributed by atoms with Crippen LogP contribution >= 0.6 is 0 Å². The van der Waals surface area contributed by atoms with E-state index in [1.807, 2.05) is 0 Å². The van der Waals surface area contributed by atoms with Crippen molar-refractivity contribution in [1.82, 2.24) is 5.32 Å². The molecule has 4 bridgehead atoms. The first kappa shape index (κ1) is 12.7. The molecule has 18 heavy (non-hydrogen) atoms. The highest BCUT2D eigenvalue weighted by molar-refractivity contribution is 5.06. The summed E-state index contributed by atoms with van der Waals surface area (Å²) in [6.45, 7) is -0.352. The van der Waals surface area contributed by atoms with Crippen LogP contribution in [-0.2, 0) is 0 Å². The normalized spacial score (nSPS) is 44.3. The second-order valence-electron chi connectivity index (χ2n) is 6.64. The molecule has 0 aromatic heterocycles. The van der Waals surface area contributed by atoms with Crippen LogP contribution in [0.15, 0.2) is 0 Å². The Hall–Kier alpha value is -0.290. The summed E-state index contributed by atoms with van der Waals surface area (Å²) in [5.74, 6) is 2.10. The number of hydrogen-bond donors (Lipinski definition) is 2. The second-order valence-corrected chi connectivity index (χ2v) is 6.64. The number of β-amino-alcohol motifs (C(OH)–C–C–N with tert-alkyl or cyclic N) is 1. The Morgan fingerprint density at radius 2 is 1.50 bits per heavy atom. The minimum Gasteiger partial charge on any atom is -0.382 e. The molecule has 0 spiro atoms. The first-order chi connectivity index (χ1) is 8.36. The molecule has 4 aliphatic carbocycles. The molecule has 1 unspecified atom stereocenters. The molecule has 1 atom stereocenters. The molecule has 4 rings (SSSR count). The Labute approximate surface area is 105 Å². The Bertz CT molecular complexity index is 293.